The van der Waals surface area contributed by atoms with E-state index in [1.165, 1.54) is 11.1 Å². The number of thioether (sulfide) groups is 1. The van der Waals surface area contributed by atoms with Gasteiger partial charge in [-0.1, -0.05) is 70.7 Å². The highest BCUT2D eigenvalue weighted by atomic mass is 79.9. The van der Waals surface area contributed by atoms with Crippen molar-refractivity contribution in [2.45, 2.75) is 63.9 Å². The highest BCUT2D eigenvalue weighted by Crippen LogP contribution is 2.20. The van der Waals surface area contributed by atoms with Gasteiger partial charge in [-0.15, -0.1) is 11.8 Å². The second-order valence-electron chi connectivity index (χ2n) is 8.30. The molecule has 1 fully saturated rings. The van der Waals surface area contributed by atoms with Gasteiger partial charge in [-0.3, -0.25) is 9.59 Å². The second kappa shape index (κ2) is 11.7. The molecule has 1 unspecified atom stereocenters. The highest BCUT2D eigenvalue weighted by Gasteiger charge is 2.28. The van der Waals surface area contributed by atoms with E-state index in [-0.39, 0.29) is 17.9 Å². The molecule has 0 radical (unpaired) electrons. The summed E-state index contributed by atoms with van der Waals surface area (Å²) < 4.78 is 0.995. The van der Waals surface area contributed by atoms with E-state index in [4.69, 9.17) is 0 Å². The third-order valence-electron chi connectivity index (χ3n) is 5.71. The predicted octanol–water partition coefficient (Wildman–Crippen LogP) is 5.47. The molecule has 0 heterocycles. The molecule has 1 aliphatic carbocycles. The molecule has 1 saturated carbocycles. The van der Waals surface area contributed by atoms with E-state index in [0.717, 1.165) is 41.5 Å². The summed E-state index contributed by atoms with van der Waals surface area (Å²) >= 11 is 5.05. The van der Waals surface area contributed by atoms with Crippen LogP contribution in [0.2, 0.25) is 0 Å². The molecule has 2 amide bonds. The van der Waals surface area contributed by atoms with Crippen LogP contribution in [-0.2, 0) is 21.9 Å². The topological polar surface area (TPSA) is 49.4 Å². The van der Waals surface area contributed by atoms with E-state index in [2.05, 4.69) is 46.4 Å². The molecule has 0 saturated heterocycles. The van der Waals surface area contributed by atoms with E-state index < -0.39 is 6.04 Å². The lowest BCUT2D eigenvalue weighted by Gasteiger charge is -2.29. The molecule has 3 rings (SSSR count). The zero-order valence-corrected chi connectivity index (χ0v) is 20.7. The molecule has 0 bridgehead atoms. The van der Waals surface area contributed by atoms with Crippen LogP contribution in [0.15, 0.2) is 53.0 Å². The third-order valence-corrected chi connectivity index (χ3v) is 7.23. The summed E-state index contributed by atoms with van der Waals surface area (Å²) in [6.45, 7) is 4.34. The third kappa shape index (κ3) is 7.39. The summed E-state index contributed by atoms with van der Waals surface area (Å²) in [5.74, 6) is 1.07. The Morgan fingerprint density at radius 1 is 1.13 bits per heavy atom. The number of carbonyl (C=O) groups excluding carboxylic acids is 2. The molecule has 1 atom stereocenters. The van der Waals surface area contributed by atoms with Crippen LogP contribution in [0.4, 0.5) is 0 Å². The molecule has 2 aromatic rings. The van der Waals surface area contributed by atoms with Crippen molar-refractivity contribution in [2.24, 2.45) is 0 Å². The largest absolute Gasteiger partial charge is 0.352 e. The maximum atomic E-state index is 13.2. The van der Waals surface area contributed by atoms with Crippen LogP contribution in [-0.4, -0.2) is 34.6 Å². The van der Waals surface area contributed by atoms with Crippen molar-refractivity contribution in [3.05, 3.63) is 69.7 Å². The monoisotopic (exact) mass is 502 g/mol. The smallest absolute Gasteiger partial charge is 0.242 e. The summed E-state index contributed by atoms with van der Waals surface area (Å²) in [4.78, 5) is 27.8. The summed E-state index contributed by atoms with van der Waals surface area (Å²) in [5.41, 5.74) is 3.45. The van der Waals surface area contributed by atoms with Gasteiger partial charge < -0.3 is 10.2 Å². The lowest BCUT2D eigenvalue weighted by Crippen LogP contribution is -2.50. The van der Waals surface area contributed by atoms with Gasteiger partial charge in [0.2, 0.25) is 11.8 Å². The Kier molecular flexibility index (Phi) is 9.02. The molecule has 0 aliphatic heterocycles. The average Bonchev–Trinajstić information content (AvgIpc) is 3.26. The van der Waals surface area contributed by atoms with Crippen LogP contribution in [0.3, 0.4) is 0 Å². The van der Waals surface area contributed by atoms with E-state index in [0.29, 0.717) is 12.3 Å². The Labute approximate surface area is 198 Å². The minimum Gasteiger partial charge on any atom is -0.352 e. The molecule has 1 aliphatic rings. The van der Waals surface area contributed by atoms with Crippen LogP contribution in [0, 0.1) is 6.92 Å². The number of rotatable bonds is 9. The highest BCUT2D eigenvalue weighted by molar-refractivity contribution is 9.10. The Morgan fingerprint density at radius 2 is 1.84 bits per heavy atom. The number of aryl methyl sites for hydroxylation is 1. The van der Waals surface area contributed by atoms with Gasteiger partial charge in [0.05, 0.1) is 5.75 Å². The van der Waals surface area contributed by atoms with Gasteiger partial charge >= 0.3 is 0 Å². The fraction of sp³-hybridized carbons (Fsp3) is 0.440. The minimum absolute atomic E-state index is 0.00496. The Bertz CT molecular complexity index is 881. The first-order valence-electron chi connectivity index (χ1n) is 10.9. The average molecular weight is 504 g/mol. The number of hydrogen-bond donors (Lipinski definition) is 1. The summed E-state index contributed by atoms with van der Waals surface area (Å²) in [5, 5.41) is 3.15. The van der Waals surface area contributed by atoms with Gasteiger partial charge in [0.1, 0.15) is 6.04 Å². The van der Waals surface area contributed by atoms with Crippen molar-refractivity contribution in [2.75, 3.05) is 5.75 Å². The second-order valence-corrected chi connectivity index (χ2v) is 10.2. The van der Waals surface area contributed by atoms with Crippen molar-refractivity contribution < 1.29 is 9.59 Å². The van der Waals surface area contributed by atoms with Crippen LogP contribution in [0.5, 0.6) is 0 Å². The van der Waals surface area contributed by atoms with Gasteiger partial charge in [-0.2, -0.15) is 0 Å². The number of halogens is 1. The number of nitrogens with one attached hydrogen (secondary N) is 1. The fourth-order valence-electron chi connectivity index (χ4n) is 3.90. The van der Waals surface area contributed by atoms with Crippen molar-refractivity contribution >= 4 is 39.5 Å². The molecule has 2 aromatic carbocycles. The Morgan fingerprint density at radius 3 is 2.52 bits per heavy atom. The number of amides is 2. The zero-order chi connectivity index (χ0) is 22.2. The van der Waals surface area contributed by atoms with E-state index in [9.17, 15) is 9.59 Å². The minimum atomic E-state index is -0.503. The first kappa shape index (κ1) is 23.9. The lowest BCUT2D eigenvalue weighted by molar-refractivity contribution is -0.138. The van der Waals surface area contributed by atoms with E-state index >= 15 is 0 Å². The van der Waals surface area contributed by atoms with Crippen LogP contribution < -0.4 is 5.32 Å². The molecule has 0 aromatic heterocycles. The van der Waals surface area contributed by atoms with Crippen molar-refractivity contribution in [3.63, 3.8) is 0 Å². The normalized spacial score (nSPS) is 14.9. The molecule has 4 nitrogen and oxygen atoms in total. The quantitative estimate of drug-likeness (QED) is 0.494. The van der Waals surface area contributed by atoms with E-state index in [1.54, 1.807) is 16.7 Å². The Balaban J connectivity index is 1.64. The standard InChI is InChI=1S/C25H31BrN2O2S/c1-18-6-5-7-21(14-18)16-31-17-24(29)28(15-20-10-12-22(26)13-11-20)19(2)25(30)27-23-8-3-4-9-23/h5-7,10-14,19,23H,3-4,8-9,15-17H2,1-2H3,(H,27,30). The molecule has 1 N–H and O–H groups in total. The van der Waals surface area contributed by atoms with Gasteiger partial charge in [-0.05, 0) is 49.9 Å². The summed E-state index contributed by atoms with van der Waals surface area (Å²) in [7, 11) is 0. The summed E-state index contributed by atoms with van der Waals surface area (Å²) in [6.07, 6.45) is 4.39. The Hall–Kier alpha value is -1.79. The number of hydrogen-bond acceptors (Lipinski definition) is 3. The lowest BCUT2D eigenvalue weighted by atomic mass is 10.1. The van der Waals surface area contributed by atoms with Gasteiger partial charge in [0, 0.05) is 22.8 Å². The van der Waals surface area contributed by atoms with Crippen LogP contribution in [0.1, 0.15) is 49.3 Å². The molecule has 166 valence electrons. The molecule has 6 heteroatoms. The van der Waals surface area contributed by atoms with Gasteiger partial charge in [0.15, 0.2) is 0 Å². The first-order valence-corrected chi connectivity index (χ1v) is 12.8. The maximum Gasteiger partial charge on any atom is 0.242 e. The molecule has 31 heavy (non-hydrogen) atoms. The number of benzene rings is 2. The van der Waals surface area contributed by atoms with Crippen LogP contribution in [0.25, 0.3) is 0 Å². The van der Waals surface area contributed by atoms with Gasteiger partial charge in [-0.25, -0.2) is 0 Å². The maximum absolute atomic E-state index is 13.2. The molecular formula is C25H31BrN2O2S. The van der Waals surface area contributed by atoms with Crippen molar-refractivity contribution in [1.29, 1.82) is 0 Å². The molecular weight excluding hydrogens is 472 g/mol. The van der Waals surface area contributed by atoms with E-state index in [1.807, 2.05) is 37.3 Å². The fourth-order valence-corrected chi connectivity index (χ4v) is 5.02. The first-order chi connectivity index (χ1) is 14.9. The predicted molar refractivity (Wildman–Crippen MR) is 132 cm³/mol. The van der Waals surface area contributed by atoms with Crippen molar-refractivity contribution in [1.82, 2.24) is 10.2 Å². The summed E-state index contributed by atoms with van der Waals surface area (Å²) in [6, 6.07) is 16.0. The van der Waals surface area contributed by atoms with Crippen molar-refractivity contribution in [3.8, 4) is 0 Å². The van der Waals surface area contributed by atoms with Crippen LogP contribution >= 0.6 is 27.7 Å². The number of nitrogens with zero attached hydrogens (tertiary/aromatic N) is 1. The number of carbonyl (C=O) groups is 2. The SMILES string of the molecule is Cc1cccc(CSCC(=O)N(Cc2ccc(Br)cc2)C(C)C(=O)NC2CCCC2)c1. The molecule has 0 spiro atoms. The van der Waals surface area contributed by atoms with Gasteiger partial charge in [0.25, 0.3) is 0 Å². The zero-order valence-electron chi connectivity index (χ0n) is 18.3.